The summed E-state index contributed by atoms with van der Waals surface area (Å²) in [6, 6.07) is 100. The topological polar surface area (TPSA) is 63.3 Å². The molecule has 18 rings (SSSR count). The van der Waals surface area contributed by atoms with Crippen LogP contribution in [0.25, 0.3) is 161 Å². The van der Waals surface area contributed by atoms with Gasteiger partial charge in [-0.2, -0.15) is 9.97 Å². The first-order valence-corrected chi connectivity index (χ1v) is 28.2. The van der Waals surface area contributed by atoms with Gasteiger partial charge in [0.15, 0.2) is 11.6 Å². The van der Waals surface area contributed by atoms with Crippen LogP contribution in [0.15, 0.2) is 279 Å². The molecule has 0 aliphatic heterocycles. The quantitative estimate of drug-likeness (QED) is 0.160. The molecule has 0 bridgehead atoms. The van der Waals surface area contributed by atoms with Crippen LogP contribution >= 0.6 is 0 Å². The minimum Gasteiger partial charge on any atom is -0.309 e. The molecule has 0 amide bonds. The molecule has 18 aromatic rings. The Hall–Kier alpha value is -11.4. The van der Waals surface area contributed by atoms with E-state index in [0.29, 0.717) is 17.6 Å². The molecule has 83 heavy (non-hydrogen) atoms. The predicted molar refractivity (Wildman–Crippen MR) is 342 cm³/mol. The van der Waals surface area contributed by atoms with Crippen molar-refractivity contribution in [3.63, 3.8) is 0 Å². The van der Waals surface area contributed by atoms with E-state index in [2.05, 4.69) is 302 Å². The number of benzene rings is 12. The lowest BCUT2D eigenvalue weighted by Crippen LogP contribution is -2.06. The number of rotatable bonds is 7. The van der Waals surface area contributed by atoms with E-state index in [1.807, 2.05) is 0 Å². The maximum atomic E-state index is 5.59. The average molecular weight is 1060 g/mol. The third kappa shape index (κ3) is 6.66. The lowest BCUT2D eigenvalue weighted by atomic mass is 10.1. The summed E-state index contributed by atoms with van der Waals surface area (Å²) in [5.74, 6) is 1.71. The standard InChI is InChI=1S/C75H46N8/c1-4-21-49(22-5-1)79-61-32-15-10-27-52(61)57-43-47(39-41-66(57)79)73-76-74(48-40-42-67-58(44-48)53-28-11-16-33-62(53)80(67)50-23-6-2-7-24-50)78-75(77-73)83-64-35-18-13-30-55(64)60-45-70-59(46-71(60)83)54-29-12-17-34-63(54)82(70)69-38-20-37-68-72(69)56-31-14-19-36-65(56)81(68)51-25-8-3-9-26-51/h1-46H. The van der Waals surface area contributed by atoms with Gasteiger partial charge >= 0.3 is 0 Å². The molecule has 0 saturated carbocycles. The van der Waals surface area contributed by atoms with E-state index in [1.165, 1.54) is 16.3 Å². The monoisotopic (exact) mass is 1060 g/mol. The second-order valence-electron chi connectivity index (χ2n) is 21.6. The van der Waals surface area contributed by atoms with Crippen LogP contribution in [-0.2, 0) is 0 Å². The van der Waals surface area contributed by atoms with Crippen LogP contribution < -0.4 is 0 Å². The first kappa shape index (κ1) is 45.5. The number of hydrogen-bond donors (Lipinski definition) is 0. The van der Waals surface area contributed by atoms with Crippen molar-refractivity contribution >= 4 is 109 Å². The molecule has 386 valence electrons. The molecule has 0 N–H and O–H groups in total. The van der Waals surface area contributed by atoms with Crippen molar-refractivity contribution in [2.75, 3.05) is 0 Å². The molecule has 0 radical (unpaired) electrons. The number of para-hydroxylation sites is 8. The van der Waals surface area contributed by atoms with E-state index in [0.717, 1.165) is 127 Å². The van der Waals surface area contributed by atoms with E-state index in [4.69, 9.17) is 15.0 Å². The molecular weight excluding hydrogens is 1010 g/mol. The van der Waals surface area contributed by atoms with Gasteiger partial charge in [0.2, 0.25) is 5.95 Å². The molecule has 12 aromatic carbocycles. The Morgan fingerprint density at radius 1 is 0.205 bits per heavy atom. The highest BCUT2D eigenvalue weighted by atomic mass is 15.2. The Kier molecular flexibility index (Phi) is 9.64. The number of hydrogen-bond acceptors (Lipinski definition) is 3. The van der Waals surface area contributed by atoms with Crippen LogP contribution in [0.4, 0.5) is 0 Å². The molecule has 0 saturated heterocycles. The fourth-order valence-corrected chi connectivity index (χ4v) is 13.6. The smallest absolute Gasteiger partial charge is 0.238 e. The summed E-state index contributed by atoms with van der Waals surface area (Å²) in [6.07, 6.45) is 0. The van der Waals surface area contributed by atoms with E-state index in [1.54, 1.807) is 0 Å². The second-order valence-corrected chi connectivity index (χ2v) is 21.6. The summed E-state index contributed by atoms with van der Waals surface area (Å²) >= 11 is 0. The SMILES string of the molecule is c1ccc(-n2c3ccccc3c3cc(-c4nc(-c5ccc6c(c5)c5ccccc5n6-c5ccccc5)nc(-n5c6ccccc6c6cc7c(cc65)c5ccccc5n7-c5cccc6c5c5ccccc5n6-c5ccccc5)n4)ccc32)cc1. The molecule has 8 heteroatoms. The maximum absolute atomic E-state index is 5.59. The largest absolute Gasteiger partial charge is 0.309 e. The Morgan fingerprint density at radius 3 is 1.01 bits per heavy atom. The second kappa shape index (κ2) is 17.6. The van der Waals surface area contributed by atoms with Crippen LogP contribution in [0.1, 0.15) is 0 Å². The number of nitrogens with zero attached hydrogens (tertiary/aromatic N) is 8. The third-order valence-electron chi connectivity index (χ3n) is 17.1. The summed E-state index contributed by atoms with van der Waals surface area (Å²) in [4.78, 5) is 16.7. The summed E-state index contributed by atoms with van der Waals surface area (Å²) < 4.78 is 11.8. The molecule has 8 nitrogen and oxygen atoms in total. The Labute approximate surface area is 474 Å². The number of aromatic nitrogens is 8. The molecule has 0 fully saturated rings. The van der Waals surface area contributed by atoms with E-state index >= 15 is 0 Å². The summed E-state index contributed by atoms with van der Waals surface area (Å²) in [5.41, 5.74) is 17.3. The minimum absolute atomic E-state index is 0.538. The molecular formula is C75H46N8. The van der Waals surface area contributed by atoms with Crippen LogP contribution in [0.5, 0.6) is 0 Å². The highest BCUT2D eigenvalue weighted by Gasteiger charge is 2.25. The molecule has 0 atom stereocenters. The zero-order valence-electron chi connectivity index (χ0n) is 44.6. The molecule has 0 unspecified atom stereocenters. The van der Waals surface area contributed by atoms with Gasteiger partial charge in [0, 0.05) is 82.1 Å². The lowest BCUT2D eigenvalue weighted by molar-refractivity contribution is 0.954. The van der Waals surface area contributed by atoms with Crippen molar-refractivity contribution in [2.45, 2.75) is 0 Å². The first-order chi connectivity index (χ1) is 41.2. The van der Waals surface area contributed by atoms with Crippen molar-refractivity contribution < 1.29 is 0 Å². The van der Waals surface area contributed by atoms with Gasteiger partial charge < -0.3 is 18.3 Å². The average Bonchev–Trinajstić information content (AvgIpc) is 3.24. The third-order valence-corrected chi connectivity index (χ3v) is 17.1. The lowest BCUT2D eigenvalue weighted by Gasteiger charge is -2.12. The van der Waals surface area contributed by atoms with Gasteiger partial charge in [-0.15, -0.1) is 0 Å². The van der Waals surface area contributed by atoms with Crippen molar-refractivity contribution in [3.05, 3.63) is 279 Å². The first-order valence-electron chi connectivity index (χ1n) is 28.2. The summed E-state index contributed by atoms with van der Waals surface area (Å²) in [5, 5.41) is 11.5. The Balaban J connectivity index is 0.900. The van der Waals surface area contributed by atoms with Crippen LogP contribution in [0.2, 0.25) is 0 Å². The molecule has 0 aliphatic carbocycles. The van der Waals surface area contributed by atoms with E-state index in [-0.39, 0.29) is 0 Å². The Bertz CT molecular complexity index is 5510. The molecule has 0 aliphatic rings. The molecule has 0 spiro atoms. The van der Waals surface area contributed by atoms with Gasteiger partial charge in [-0.05, 0) is 127 Å². The van der Waals surface area contributed by atoms with Crippen molar-refractivity contribution in [1.29, 1.82) is 0 Å². The maximum Gasteiger partial charge on any atom is 0.238 e. The van der Waals surface area contributed by atoms with Gasteiger partial charge in [0.25, 0.3) is 0 Å². The molecule has 6 heterocycles. The predicted octanol–water partition coefficient (Wildman–Crippen LogP) is 18.7. The van der Waals surface area contributed by atoms with Crippen LogP contribution in [0.3, 0.4) is 0 Å². The minimum atomic E-state index is 0.538. The van der Waals surface area contributed by atoms with Crippen LogP contribution in [0, 0.1) is 0 Å². The van der Waals surface area contributed by atoms with Crippen molar-refractivity contribution in [2.24, 2.45) is 0 Å². The Morgan fingerprint density at radius 2 is 0.542 bits per heavy atom. The fourth-order valence-electron chi connectivity index (χ4n) is 13.6. The number of fused-ring (bicyclic) bond motifs is 15. The fraction of sp³-hybridized carbons (Fsp3) is 0. The zero-order chi connectivity index (χ0) is 54.3. The summed E-state index contributed by atoms with van der Waals surface area (Å²) in [7, 11) is 0. The van der Waals surface area contributed by atoms with Crippen LogP contribution in [-0.4, -0.2) is 37.8 Å². The highest BCUT2D eigenvalue weighted by Crippen LogP contribution is 2.44. The zero-order valence-corrected chi connectivity index (χ0v) is 44.6. The van der Waals surface area contributed by atoms with E-state index < -0.39 is 0 Å². The van der Waals surface area contributed by atoms with Crippen molar-refractivity contribution in [1.82, 2.24) is 37.8 Å². The highest BCUT2D eigenvalue weighted by molar-refractivity contribution is 6.21. The van der Waals surface area contributed by atoms with E-state index in [9.17, 15) is 0 Å². The van der Waals surface area contributed by atoms with Gasteiger partial charge in [-0.1, -0.05) is 152 Å². The van der Waals surface area contributed by atoms with Gasteiger partial charge in [0.05, 0.1) is 60.9 Å². The molecule has 6 aromatic heterocycles. The normalized spacial score (nSPS) is 12.1. The van der Waals surface area contributed by atoms with Crippen molar-refractivity contribution in [3.8, 4) is 51.5 Å². The van der Waals surface area contributed by atoms with Gasteiger partial charge in [-0.3, -0.25) is 4.57 Å². The summed E-state index contributed by atoms with van der Waals surface area (Å²) in [6.45, 7) is 0. The van der Waals surface area contributed by atoms with Gasteiger partial charge in [-0.25, -0.2) is 4.98 Å². The van der Waals surface area contributed by atoms with Gasteiger partial charge in [0.1, 0.15) is 0 Å².